The highest BCUT2D eigenvalue weighted by Gasteiger charge is 2.43. The van der Waals surface area contributed by atoms with Crippen LogP contribution in [-0.4, -0.2) is 22.7 Å². The zero-order chi connectivity index (χ0) is 19.1. The smallest absolute Gasteiger partial charge is 0.251 e. The summed E-state index contributed by atoms with van der Waals surface area (Å²) in [6, 6.07) is 8.86. The Bertz CT molecular complexity index is 853. The van der Waals surface area contributed by atoms with E-state index in [2.05, 4.69) is 5.32 Å². The minimum absolute atomic E-state index is 0.126. The van der Waals surface area contributed by atoms with Crippen LogP contribution in [0.3, 0.4) is 0 Å². The van der Waals surface area contributed by atoms with Gasteiger partial charge in [0, 0.05) is 11.1 Å². The lowest BCUT2D eigenvalue weighted by molar-refractivity contribution is -0.0628. The molecule has 0 radical (unpaired) electrons. The largest absolute Gasteiger partial charge is 0.485 e. The Balaban J connectivity index is 1.97. The molecule has 0 aromatic heterocycles. The van der Waals surface area contributed by atoms with E-state index in [4.69, 9.17) is 16.3 Å². The van der Waals surface area contributed by atoms with E-state index in [0.29, 0.717) is 5.75 Å². The van der Waals surface area contributed by atoms with Crippen LogP contribution in [0, 0.1) is 5.82 Å². The number of ether oxygens (including phenoxy) is 1. The van der Waals surface area contributed by atoms with Gasteiger partial charge in [0.05, 0.1) is 11.1 Å². The van der Waals surface area contributed by atoms with Crippen LogP contribution in [0.25, 0.3) is 0 Å². The van der Waals surface area contributed by atoms with Crippen molar-refractivity contribution in [2.24, 2.45) is 0 Å². The van der Waals surface area contributed by atoms with E-state index in [1.807, 2.05) is 25.1 Å². The maximum atomic E-state index is 13.3. The predicted octanol–water partition coefficient (Wildman–Crippen LogP) is 4.04. The first kappa shape index (κ1) is 18.7. The number of fused-ring (bicyclic) bond motifs is 1. The van der Waals surface area contributed by atoms with Gasteiger partial charge < -0.3 is 15.2 Å². The maximum absolute atomic E-state index is 13.3. The Hall–Kier alpha value is -2.11. The lowest BCUT2D eigenvalue weighted by Gasteiger charge is -2.42. The summed E-state index contributed by atoms with van der Waals surface area (Å²) in [6.45, 7) is 5.56. The summed E-state index contributed by atoms with van der Waals surface area (Å²) in [4.78, 5) is 12.7. The quantitative estimate of drug-likeness (QED) is 0.848. The van der Waals surface area contributed by atoms with Crippen LogP contribution in [0.2, 0.25) is 5.02 Å². The first-order chi connectivity index (χ1) is 12.2. The van der Waals surface area contributed by atoms with Crippen LogP contribution in [0.1, 0.15) is 48.3 Å². The van der Waals surface area contributed by atoms with Crippen molar-refractivity contribution in [2.45, 2.75) is 44.9 Å². The number of benzene rings is 2. The summed E-state index contributed by atoms with van der Waals surface area (Å²) in [5.74, 6) is -0.408. The highest BCUT2D eigenvalue weighted by molar-refractivity contribution is 6.31. The summed E-state index contributed by atoms with van der Waals surface area (Å²) < 4.78 is 19.3. The van der Waals surface area contributed by atoms with Crippen molar-refractivity contribution >= 4 is 17.5 Å². The number of hydrogen-bond donors (Lipinski definition) is 2. The fourth-order valence-corrected chi connectivity index (χ4v) is 3.27. The summed E-state index contributed by atoms with van der Waals surface area (Å²) >= 11 is 5.77. The molecule has 0 fully saturated rings. The van der Waals surface area contributed by atoms with Crippen molar-refractivity contribution in [3.63, 3.8) is 0 Å². The van der Waals surface area contributed by atoms with Gasteiger partial charge in [0.2, 0.25) is 0 Å². The number of carbonyl (C=O) groups is 1. The molecule has 1 aliphatic heterocycles. The molecule has 6 heteroatoms. The van der Waals surface area contributed by atoms with Gasteiger partial charge in [-0.1, -0.05) is 24.6 Å². The third kappa shape index (κ3) is 3.41. The number of rotatable bonds is 3. The minimum atomic E-state index is -0.957. The number of carbonyl (C=O) groups excluding carboxylic acids is 1. The van der Waals surface area contributed by atoms with Crippen molar-refractivity contribution in [1.82, 2.24) is 5.32 Å². The molecule has 3 rings (SSSR count). The molecule has 4 nitrogen and oxygen atoms in total. The van der Waals surface area contributed by atoms with Gasteiger partial charge in [0.1, 0.15) is 23.3 Å². The zero-order valence-corrected chi connectivity index (χ0v) is 15.6. The predicted molar refractivity (Wildman–Crippen MR) is 98.2 cm³/mol. The van der Waals surface area contributed by atoms with Crippen LogP contribution in [0.5, 0.6) is 5.75 Å². The molecule has 138 valence electrons. The fourth-order valence-electron chi connectivity index (χ4n) is 3.09. The molecular weight excluding hydrogens is 357 g/mol. The number of aryl methyl sites for hydroxylation is 1. The van der Waals surface area contributed by atoms with Crippen molar-refractivity contribution in [1.29, 1.82) is 0 Å². The number of aliphatic hydroxyl groups excluding tert-OH is 1. The minimum Gasteiger partial charge on any atom is -0.485 e. The van der Waals surface area contributed by atoms with Crippen molar-refractivity contribution in [3.05, 3.63) is 63.9 Å². The Morgan fingerprint density at radius 2 is 2.04 bits per heavy atom. The van der Waals surface area contributed by atoms with Crippen molar-refractivity contribution in [2.75, 3.05) is 0 Å². The van der Waals surface area contributed by atoms with Gasteiger partial charge in [-0.15, -0.1) is 0 Å². The topological polar surface area (TPSA) is 58.6 Å². The lowest BCUT2D eigenvalue weighted by Crippen LogP contribution is -2.53. The molecule has 0 bridgehead atoms. The van der Waals surface area contributed by atoms with E-state index in [0.717, 1.165) is 23.6 Å². The van der Waals surface area contributed by atoms with E-state index in [1.165, 1.54) is 12.1 Å². The zero-order valence-electron chi connectivity index (χ0n) is 14.8. The first-order valence-electron chi connectivity index (χ1n) is 8.48. The van der Waals surface area contributed by atoms with E-state index in [-0.39, 0.29) is 10.6 Å². The Labute approximate surface area is 156 Å². The third-order valence-electron chi connectivity index (χ3n) is 4.69. The van der Waals surface area contributed by atoms with Crippen LogP contribution < -0.4 is 10.1 Å². The molecule has 26 heavy (non-hydrogen) atoms. The monoisotopic (exact) mass is 377 g/mol. The second-order valence-electron chi connectivity index (χ2n) is 6.96. The van der Waals surface area contributed by atoms with Crippen LogP contribution in [-0.2, 0) is 6.42 Å². The molecule has 0 saturated carbocycles. The Morgan fingerprint density at radius 3 is 2.69 bits per heavy atom. The standard InChI is InChI=1S/C20H21ClFNO3/c1-4-11-5-8-16-13(9-11)17(18(24)20(2,3)26-16)23-19(25)12-6-7-15(22)14(21)10-12/h5-10,17-18,24H,4H2,1-3H3,(H,23,25)/t17-,18+/m0/s1. The van der Waals surface area contributed by atoms with Gasteiger partial charge in [-0.3, -0.25) is 4.79 Å². The lowest BCUT2D eigenvalue weighted by atomic mass is 9.85. The summed E-state index contributed by atoms with van der Waals surface area (Å²) in [6.07, 6.45) is -0.136. The molecule has 0 saturated heterocycles. The molecule has 1 aliphatic rings. The van der Waals surface area contributed by atoms with Gasteiger partial charge in [-0.2, -0.15) is 0 Å². The molecule has 0 spiro atoms. The molecular formula is C20H21ClFNO3. The summed E-state index contributed by atoms with van der Waals surface area (Å²) in [7, 11) is 0. The van der Waals surface area contributed by atoms with Crippen molar-refractivity contribution in [3.8, 4) is 5.75 Å². The molecule has 2 atom stereocenters. The molecule has 1 amide bonds. The number of hydrogen-bond acceptors (Lipinski definition) is 3. The summed E-state index contributed by atoms with van der Waals surface area (Å²) in [5, 5.41) is 13.5. The van der Waals surface area contributed by atoms with Gasteiger partial charge >= 0.3 is 0 Å². The fraction of sp³-hybridized carbons (Fsp3) is 0.350. The SMILES string of the molecule is CCc1ccc2c(c1)[C@H](NC(=O)c1ccc(F)c(Cl)c1)[C@@H](O)C(C)(C)O2. The number of aliphatic hydroxyl groups is 1. The first-order valence-corrected chi connectivity index (χ1v) is 8.86. The van der Waals surface area contributed by atoms with Crippen LogP contribution >= 0.6 is 11.6 Å². The van der Waals surface area contributed by atoms with E-state index < -0.39 is 29.5 Å². The van der Waals surface area contributed by atoms with E-state index >= 15 is 0 Å². The third-order valence-corrected chi connectivity index (χ3v) is 4.98. The Kier molecular flexibility index (Phi) is 4.95. The Morgan fingerprint density at radius 1 is 1.31 bits per heavy atom. The normalized spacial score (nSPS) is 20.8. The summed E-state index contributed by atoms with van der Waals surface area (Å²) in [5.41, 5.74) is 1.14. The van der Waals surface area contributed by atoms with E-state index in [9.17, 15) is 14.3 Å². The molecule has 1 heterocycles. The van der Waals surface area contributed by atoms with E-state index in [1.54, 1.807) is 13.8 Å². The average Bonchev–Trinajstić information content (AvgIpc) is 2.60. The molecule has 0 unspecified atom stereocenters. The van der Waals surface area contributed by atoms with Crippen molar-refractivity contribution < 1.29 is 19.0 Å². The number of halogens is 2. The molecule has 0 aliphatic carbocycles. The van der Waals surface area contributed by atoms with Crippen LogP contribution in [0.15, 0.2) is 36.4 Å². The van der Waals surface area contributed by atoms with Crippen LogP contribution in [0.4, 0.5) is 4.39 Å². The molecule has 2 aromatic rings. The second-order valence-corrected chi connectivity index (χ2v) is 7.36. The molecule has 2 N–H and O–H groups in total. The van der Waals surface area contributed by atoms with Gasteiger partial charge in [-0.05, 0) is 56.2 Å². The molecule has 2 aromatic carbocycles. The second kappa shape index (κ2) is 6.89. The number of nitrogens with one attached hydrogen (secondary N) is 1. The highest BCUT2D eigenvalue weighted by atomic mass is 35.5. The van der Waals surface area contributed by atoms with Gasteiger partial charge in [-0.25, -0.2) is 4.39 Å². The number of amides is 1. The maximum Gasteiger partial charge on any atom is 0.251 e. The highest BCUT2D eigenvalue weighted by Crippen LogP contribution is 2.40. The van der Waals surface area contributed by atoms with Gasteiger partial charge in [0.25, 0.3) is 5.91 Å². The van der Waals surface area contributed by atoms with Gasteiger partial charge in [0.15, 0.2) is 0 Å². The average molecular weight is 378 g/mol.